The lowest BCUT2D eigenvalue weighted by Crippen LogP contribution is -2.16. The molecule has 19 heavy (non-hydrogen) atoms. The van der Waals surface area contributed by atoms with Crippen LogP contribution in [0.15, 0.2) is 24.3 Å². The molecule has 0 spiro atoms. The van der Waals surface area contributed by atoms with E-state index < -0.39 is 0 Å². The lowest BCUT2D eigenvalue weighted by atomic mass is 10.1. The Morgan fingerprint density at radius 3 is 2.42 bits per heavy atom. The molecule has 0 unspecified atom stereocenters. The van der Waals surface area contributed by atoms with Crippen molar-refractivity contribution in [2.45, 2.75) is 26.4 Å². The highest BCUT2D eigenvalue weighted by atomic mass is 16.5. The average molecular weight is 264 g/mol. The molecule has 0 aliphatic rings. The van der Waals surface area contributed by atoms with Crippen LogP contribution in [0.5, 0.6) is 0 Å². The van der Waals surface area contributed by atoms with Gasteiger partial charge in [-0.1, -0.05) is 31.2 Å². The van der Waals surface area contributed by atoms with Gasteiger partial charge in [0.2, 0.25) is 0 Å². The molecule has 0 heterocycles. The number of hydrogen-bond acceptors (Lipinski definition) is 3. The van der Waals surface area contributed by atoms with Gasteiger partial charge < -0.3 is 15.0 Å². The number of likely N-dealkylation sites (N-methyl/N-ethyl adjacent to an activating group) is 1. The zero-order valence-corrected chi connectivity index (χ0v) is 12.6. The van der Waals surface area contributed by atoms with Crippen molar-refractivity contribution >= 4 is 0 Å². The molecule has 3 heteroatoms. The summed E-state index contributed by atoms with van der Waals surface area (Å²) >= 11 is 0. The van der Waals surface area contributed by atoms with E-state index in [1.807, 2.05) is 0 Å². The standard InChI is InChI=1S/C16H28N2O/c1-4-17-11-10-15-6-8-16(9-7-15)14-19-13-5-12-18(2)3/h6-9,17H,4-5,10-14H2,1-3H3. The zero-order valence-electron chi connectivity index (χ0n) is 12.6. The number of nitrogens with one attached hydrogen (secondary N) is 1. The van der Waals surface area contributed by atoms with Gasteiger partial charge in [-0.3, -0.25) is 0 Å². The fourth-order valence-electron chi connectivity index (χ4n) is 1.88. The fraction of sp³-hybridized carbons (Fsp3) is 0.625. The van der Waals surface area contributed by atoms with Crippen molar-refractivity contribution in [2.24, 2.45) is 0 Å². The van der Waals surface area contributed by atoms with Gasteiger partial charge in [0.05, 0.1) is 6.61 Å². The van der Waals surface area contributed by atoms with Crippen LogP contribution in [0.25, 0.3) is 0 Å². The van der Waals surface area contributed by atoms with Gasteiger partial charge in [0.25, 0.3) is 0 Å². The predicted molar refractivity (Wildman–Crippen MR) is 81.5 cm³/mol. The lowest BCUT2D eigenvalue weighted by Gasteiger charge is -2.09. The maximum absolute atomic E-state index is 5.67. The van der Waals surface area contributed by atoms with Crippen molar-refractivity contribution in [3.8, 4) is 0 Å². The van der Waals surface area contributed by atoms with Crippen LogP contribution in [0, 0.1) is 0 Å². The van der Waals surface area contributed by atoms with Gasteiger partial charge in [0.15, 0.2) is 0 Å². The highest BCUT2D eigenvalue weighted by Gasteiger charge is 1.96. The fourth-order valence-corrected chi connectivity index (χ4v) is 1.88. The summed E-state index contributed by atoms with van der Waals surface area (Å²) in [6.07, 6.45) is 2.19. The van der Waals surface area contributed by atoms with Crippen molar-refractivity contribution in [1.82, 2.24) is 10.2 Å². The molecule has 0 atom stereocenters. The average Bonchev–Trinajstić information content (AvgIpc) is 2.40. The van der Waals surface area contributed by atoms with Crippen LogP contribution in [0.4, 0.5) is 0 Å². The second kappa shape index (κ2) is 9.96. The predicted octanol–water partition coefficient (Wildman–Crippen LogP) is 2.31. The molecule has 0 fully saturated rings. The lowest BCUT2D eigenvalue weighted by molar-refractivity contribution is 0.113. The van der Waals surface area contributed by atoms with Crippen molar-refractivity contribution in [1.29, 1.82) is 0 Å². The van der Waals surface area contributed by atoms with Crippen LogP contribution in [0.3, 0.4) is 0 Å². The molecule has 1 N–H and O–H groups in total. The van der Waals surface area contributed by atoms with Crippen molar-refractivity contribution < 1.29 is 4.74 Å². The molecular formula is C16H28N2O. The normalized spacial score (nSPS) is 11.2. The second-order valence-electron chi connectivity index (χ2n) is 5.13. The topological polar surface area (TPSA) is 24.5 Å². The minimum Gasteiger partial charge on any atom is -0.377 e. The van der Waals surface area contributed by atoms with E-state index in [0.717, 1.165) is 45.7 Å². The summed E-state index contributed by atoms with van der Waals surface area (Å²) in [5.74, 6) is 0. The van der Waals surface area contributed by atoms with Crippen molar-refractivity contribution in [3.63, 3.8) is 0 Å². The Morgan fingerprint density at radius 2 is 1.79 bits per heavy atom. The minimum atomic E-state index is 0.723. The molecular weight excluding hydrogens is 236 g/mol. The van der Waals surface area contributed by atoms with E-state index >= 15 is 0 Å². The van der Waals surface area contributed by atoms with Gasteiger partial charge in [-0.05, 0) is 57.7 Å². The molecule has 1 aromatic rings. The molecule has 108 valence electrons. The Labute approximate surface area is 118 Å². The third-order valence-corrected chi connectivity index (χ3v) is 3.03. The molecule has 0 radical (unpaired) electrons. The Balaban J connectivity index is 2.17. The van der Waals surface area contributed by atoms with Crippen LogP contribution >= 0.6 is 0 Å². The van der Waals surface area contributed by atoms with Gasteiger partial charge in [0, 0.05) is 6.61 Å². The Bertz CT molecular complexity index is 322. The minimum absolute atomic E-state index is 0.723. The molecule has 0 aliphatic carbocycles. The van der Waals surface area contributed by atoms with Crippen molar-refractivity contribution in [2.75, 3.05) is 40.3 Å². The monoisotopic (exact) mass is 264 g/mol. The van der Waals surface area contributed by atoms with E-state index in [0.29, 0.717) is 0 Å². The molecule has 1 aromatic carbocycles. The Morgan fingerprint density at radius 1 is 1.11 bits per heavy atom. The van der Waals surface area contributed by atoms with Crippen LogP contribution in [0.1, 0.15) is 24.5 Å². The van der Waals surface area contributed by atoms with E-state index in [-0.39, 0.29) is 0 Å². The van der Waals surface area contributed by atoms with E-state index in [9.17, 15) is 0 Å². The number of nitrogens with zero attached hydrogens (tertiary/aromatic N) is 1. The number of ether oxygens (including phenoxy) is 1. The first-order valence-electron chi connectivity index (χ1n) is 7.23. The van der Waals surface area contributed by atoms with E-state index in [2.05, 4.69) is 55.5 Å². The molecule has 0 bridgehead atoms. The molecule has 0 saturated carbocycles. The number of rotatable bonds is 10. The van der Waals surface area contributed by atoms with E-state index in [4.69, 9.17) is 4.74 Å². The first-order valence-corrected chi connectivity index (χ1v) is 7.23. The summed E-state index contributed by atoms with van der Waals surface area (Å²) in [5.41, 5.74) is 2.65. The first kappa shape index (κ1) is 16.2. The van der Waals surface area contributed by atoms with E-state index in [1.165, 1.54) is 11.1 Å². The summed E-state index contributed by atoms with van der Waals surface area (Å²) in [4.78, 5) is 2.18. The summed E-state index contributed by atoms with van der Waals surface area (Å²) in [6, 6.07) is 8.76. The van der Waals surface area contributed by atoms with Crippen LogP contribution in [-0.4, -0.2) is 45.2 Å². The van der Waals surface area contributed by atoms with Crippen LogP contribution in [-0.2, 0) is 17.8 Å². The molecule has 0 saturated heterocycles. The number of benzene rings is 1. The van der Waals surface area contributed by atoms with Gasteiger partial charge >= 0.3 is 0 Å². The van der Waals surface area contributed by atoms with Crippen molar-refractivity contribution in [3.05, 3.63) is 35.4 Å². The highest BCUT2D eigenvalue weighted by molar-refractivity contribution is 5.22. The summed E-state index contributed by atoms with van der Waals surface area (Å²) in [7, 11) is 4.18. The highest BCUT2D eigenvalue weighted by Crippen LogP contribution is 2.06. The summed E-state index contributed by atoms with van der Waals surface area (Å²) in [6.45, 7) is 6.87. The molecule has 0 aromatic heterocycles. The maximum Gasteiger partial charge on any atom is 0.0716 e. The van der Waals surface area contributed by atoms with Gasteiger partial charge in [-0.15, -0.1) is 0 Å². The largest absolute Gasteiger partial charge is 0.377 e. The van der Waals surface area contributed by atoms with Crippen LogP contribution in [0.2, 0.25) is 0 Å². The summed E-state index contributed by atoms with van der Waals surface area (Å²) < 4.78 is 5.67. The Kier molecular flexibility index (Phi) is 8.47. The van der Waals surface area contributed by atoms with Gasteiger partial charge in [-0.2, -0.15) is 0 Å². The second-order valence-corrected chi connectivity index (χ2v) is 5.13. The third-order valence-electron chi connectivity index (χ3n) is 3.03. The molecule has 0 aliphatic heterocycles. The molecule has 0 amide bonds. The maximum atomic E-state index is 5.67. The third kappa shape index (κ3) is 7.98. The van der Waals surface area contributed by atoms with Gasteiger partial charge in [0.1, 0.15) is 0 Å². The van der Waals surface area contributed by atoms with Crippen LogP contribution < -0.4 is 5.32 Å². The SMILES string of the molecule is CCNCCc1ccc(COCCCN(C)C)cc1. The molecule has 1 rings (SSSR count). The molecule has 3 nitrogen and oxygen atoms in total. The van der Waals surface area contributed by atoms with Gasteiger partial charge in [-0.25, -0.2) is 0 Å². The first-order chi connectivity index (χ1) is 9.22. The Hall–Kier alpha value is -0.900. The zero-order chi connectivity index (χ0) is 13.9. The quantitative estimate of drug-likeness (QED) is 0.656. The number of hydrogen-bond donors (Lipinski definition) is 1. The summed E-state index contributed by atoms with van der Waals surface area (Å²) in [5, 5.41) is 3.34. The smallest absolute Gasteiger partial charge is 0.0716 e. The van der Waals surface area contributed by atoms with E-state index in [1.54, 1.807) is 0 Å².